The van der Waals surface area contributed by atoms with Crippen molar-refractivity contribution in [1.29, 1.82) is 0 Å². The number of para-hydroxylation sites is 1. The Morgan fingerprint density at radius 3 is 2.43 bits per heavy atom. The lowest BCUT2D eigenvalue weighted by Gasteiger charge is -2.38. The predicted octanol–water partition coefficient (Wildman–Crippen LogP) is 5.70. The van der Waals surface area contributed by atoms with Crippen LogP contribution in [0.3, 0.4) is 0 Å². The fourth-order valence-electron chi connectivity index (χ4n) is 7.16. The Labute approximate surface area is 277 Å². The van der Waals surface area contributed by atoms with Crippen molar-refractivity contribution in [2.24, 2.45) is 11.8 Å². The van der Waals surface area contributed by atoms with E-state index in [4.69, 9.17) is 11.6 Å². The third-order valence-electron chi connectivity index (χ3n) is 8.96. The van der Waals surface area contributed by atoms with Gasteiger partial charge in [-0.05, 0) is 43.4 Å². The number of hydrogen-bond donors (Lipinski definition) is 1. The van der Waals surface area contributed by atoms with Crippen LogP contribution in [-0.2, 0) is 20.9 Å². The maximum absolute atomic E-state index is 14.8. The summed E-state index contributed by atoms with van der Waals surface area (Å²) in [4.78, 5) is 48.9. The first kappa shape index (κ1) is 32.8. The molecule has 3 aliphatic heterocycles. The van der Waals surface area contributed by atoms with Crippen molar-refractivity contribution in [3.63, 3.8) is 0 Å². The highest BCUT2D eigenvalue weighted by molar-refractivity contribution is 9.09. The van der Waals surface area contributed by atoms with Gasteiger partial charge in [-0.25, -0.2) is 0 Å². The van der Waals surface area contributed by atoms with Crippen LogP contribution in [0.5, 0.6) is 0 Å². The molecule has 3 fully saturated rings. The molecule has 3 saturated heterocycles. The number of hydrogen-bond acceptors (Lipinski definition) is 5. The maximum Gasteiger partial charge on any atom is 0.251 e. The minimum Gasteiger partial charge on any atom is -0.396 e. The fraction of sp³-hybridized carbons (Fsp3) is 0.441. The maximum atomic E-state index is 14.8. The molecule has 0 radical (unpaired) electrons. The van der Waals surface area contributed by atoms with Gasteiger partial charge < -0.3 is 19.8 Å². The van der Waals surface area contributed by atoms with Crippen molar-refractivity contribution in [1.82, 2.24) is 9.80 Å². The minimum atomic E-state index is -0.780. The number of aliphatic hydroxyl groups is 1. The van der Waals surface area contributed by atoms with E-state index in [9.17, 15) is 19.5 Å². The van der Waals surface area contributed by atoms with E-state index in [0.29, 0.717) is 49.6 Å². The smallest absolute Gasteiger partial charge is 0.251 e. The molecular weight excluding hydrogens is 662 g/mol. The quantitative estimate of drug-likeness (QED) is 0.156. The van der Waals surface area contributed by atoms with Crippen LogP contribution in [0.2, 0.25) is 5.02 Å². The number of anilines is 1. The summed E-state index contributed by atoms with van der Waals surface area (Å²) in [5.41, 5.74) is 1.56. The van der Waals surface area contributed by atoms with Crippen LogP contribution in [0.1, 0.15) is 31.2 Å². The molecule has 3 amide bonds. The number of rotatable bonds is 14. The van der Waals surface area contributed by atoms with E-state index in [1.54, 1.807) is 50.7 Å². The second-order valence-electron chi connectivity index (χ2n) is 11.7. The van der Waals surface area contributed by atoms with E-state index >= 15 is 0 Å². The average Bonchev–Trinajstić information content (AvgIpc) is 3.61. The number of unbranched alkanes of at least 4 members (excludes halogenated alkanes) is 2. The Balaban J connectivity index is 1.54. The lowest BCUT2D eigenvalue weighted by Crippen LogP contribution is -2.56. The van der Waals surface area contributed by atoms with E-state index in [1.807, 2.05) is 42.5 Å². The summed E-state index contributed by atoms with van der Waals surface area (Å²) in [5, 5.41) is 9.64. The molecule has 2 aromatic carbocycles. The highest BCUT2D eigenvalue weighted by Crippen LogP contribution is 2.68. The first-order valence-corrected chi connectivity index (χ1v) is 17.3. The van der Waals surface area contributed by atoms with Crippen LogP contribution in [0.4, 0.5) is 5.69 Å². The number of nitrogens with zero attached hydrogens (tertiary/aromatic N) is 3. The summed E-state index contributed by atoms with van der Waals surface area (Å²) in [7, 11) is 0. The molecule has 3 heterocycles. The first-order valence-electron chi connectivity index (χ1n) is 15.1. The fourth-order valence-corrected chi connectivity index (χ4v) is 11.0. The van der Waals surface area contributed by atoms with E-state index in [0.717, 1.165) is 12.0 Å². The highest BCUT2D eigenvalue weighted by atomic mass is 79.9. The number of benzene rings is 2. The Kier molecular flexibility index (Phi) is 10.6. The van der Waals surface area contributed by atoms with Crippen LogP contribution >= 0.6 is 39.3 Å². The monoisotopic (exact) mass is 699 g/mol. The molecule has 7 nitrogen and oxygen atoms in total. The van der Waals surface area contributed by atoms with Gasteiger partial charge >= 0.3 is 0 Å². The standard InChI is InChI=1S/C34H39BrClN3O4S/c1-3-17-37(22-23-13-7-5-8-14-23)31(41)27-28-32(42)39(19-11-6-12-20-40)30(34(28)21-24(35)29(27)44-34)33(43)38(18-4-2)26-16-10-9-15-25(26)36/h3-5,7-10,13-16,24,27-30,40H,1-2,6,11-12,17-22H2/t24?,27-,28-,29-,30?,34?/m0/s1. The molecule has 10 heteroatoms. The van der Waals surface area contributed by atoms with Gasteiger partial charge in [0.1, 0.15) is 6.04 Å². The van der Waals surface area contributed by atoms with E-state index < -0.39 is 22.6 Å². The number of alkyl halides is 1. The third-order valence-corrected chi connectivity index (χ3v) is 12.5. The number of carbonyl (C=O) groups excluding carboxylic acids is 3. The Morgan fingerprint density at radius 2 is 1.75 bits per heavy atom. The molecule has 44 heavy (non-hydrogen) atoms. The molecule has 1 spiro atoms. The van der Waals surface area contributed by atoms with Crippen LogP contribution in [0.15, 0.2) is 79.9 Å². The summed E-state index contributed by atoms with van der Waals surface area (Å²) >= 11 is 12.1. The van der Waals surface area contributed by atoms with Crippen LogP contribution in [0.25, 0.3) is 0 Å². The minimum absolute atomic E-state index is 0.0365. The van der Waals surface area contributed by atoms with Crippen LogP contribution in [0, 0.1) is 11.8 Å². The van der Waals surface area contributed by atoms with Crippen molar-refractivity contribution in [2.75, 3.05) is 31.1 Å². The summed E-state index contributed by atoms with van der Waals surface area (Å²) in [6.45, 7) is 9.22. The second-order valence-corrected chi connectivity index (χ2v) is 14.8. The number of amides is 3. The zero-order valence-electron chi connectivity index (χ0n) is 24.7. The second kappa shape index (κ2) is 14.2. The number of carbonyl (C=O) groups is 3. The molecule has 2 bridgehead atoms. The predicted molar refractivity (Wildman–Crippen MR) is 181 cm³/mol. The van der Waals surface area contributed by atoms with Gasteiger partial charge in [-0.2, -0.15) is 0 Å². The Morgan fingerprint density at radius 1 is 1.05 bits per heavy atom. The van der Waals surface area contributed by atoms with Gasteiger partial charge in [0.15, 0.2) is 0 Å². The topological polar surface area (TPSA) is 81.2 Å². The highest BCUT2D eigenvalue weighted by Gasteiger charge is 2.76. The molecule has 5 rings (SSSR count). The van der Waals surface area contributed by atoms with Crippen molar-refractivity contribution < 1.29 is 19.5 Å². The summed E-state index contributed by atoms with van der Waals surface area (Å²) in [5.74, 6) is -1.66. The molecule has 0 aromatic heterocycles. The van der Waals surface area contributed by atoms with E-state index in [-0.39, 0.29) is 41.0 Å². The number of likely N-dealkylation sites (tertiary alicyclic amines) is 1. The van der Waals surface area contributed by atoms with Crippen LogP contribution in [-0.4, -0.2) is 79.7 Å². The number of aliphatic hydroxyl groups excluding tert-OH is 1. The van der Waals surface area contributed by atoms with Crippen LogP contribution < -0.4 is 4.90 Å². The van der Waals surface area contributed by atoms with Gasteiger partial charge in [0.2, 0.25) is 11.8 Å². The van der Waals surface area contributed by atoms with Crippen molar-refractivity contribution in [2.45, 2.75) is 53.1 Å². The summed E-state index contributed by atoms with van der Waals surface area (Å²) in [6.07, 6.45) is 5.96. The molecular formula is C34H39BrClN3O4S. The molecule has 6 atom stereocenters. The van der Waals surface area contributed by atoms with Gasteiger partial charge in [0.05, 0.1) is 27.3 Å². The summed E-state index contributed by atoms with van der Waals surface area (Å²) < 4.78 is -0.780. The third kappa shape index (κ3) is 6.00. The van der Waals surface area contributed by atoms with Gasteiger partial charge in [0.25, 0.3) is 5.91 Å². The Hall–Kier alpha value is -2.59. The normalized spacial score (nSPS) is 26.8. The average molecular weight is 701 g/mol. The van der Waals surface area contributed by atoms with Gasteiger partial charge in [0, 0.05) is 42.9 Å². The zero-order chi connectivity index (χ0) is 31.4. The molecule has 3 unspecified atom stereocenters. The molecule has 234 valence electrons. The molecule has 0 saturated carbocycles. The molecule has 3 aliphatic rings. The number of thioether (sulfide) groups is 1. The zero-order valence-corrected chi connectivity index (χ0v) is 27.9. The molecule has 2 aromatic rings. The lowest BCUT2D eigenvalue weighted by atomic mass is 9.70. The van der Waals surface area contributed by atoms with Crippen molar-refractivity contribution in [3.8, 4) is 0 Å². The summed E-state index contributed by atoms with van der Waals surface area (Å²) in [6, 6.07) is 16.2. The Bertz CT molecular complexity index is 1400. The van der Waals surface area contributed by atoms with E-state index in [2.05, 4.69) is 29.1 Å². The van der Waals surface area contributed by atoms with E-state index in [1.165, 1.54) is 0 Å². The van der Waals surface area contributed by atoms with Gasteiger partial charge in [-0.3, -0.25) is 14.4 Å². The largest absolute Gasteiger partial charge is 0.396 e. The van der Waals surface area contributed by atoms with Crippen molar-refractivity contribution >= 4 is 62.7 Å². The lowest BCUT2D eigenvalue weighted by molar-refractivity contribution is -0.144. The van der Waals surface area contributed by atoms with Gasteiger partial charge in [-0.15, -0.1) is 24.9 Å². The number of halogens is 2. The molecule has 1 N–H and O–H groups in total. The molecule has 0 aliphatic carbocycles. The SMILES string of the molecule is C=CCN(Cc1ccccc1)C(=O)[C@H]1[C@H]2C(=O)N(CCCCCO)C(C(=O)N(CC=C)c3ccccc3Cl)C23CC(Br)[C@@H]1S3. The number of fused-ring (bicyclic) bond motifs is 1. The van der Waals surface area contributed by atoms with Gasteiger partial charge in [-0.1, -0.05) is 82.1 Å². The van der Waals surface area contributed by atoms with Crippen molar-refractivity contribution in [3.05, 3.63) is 90.5 Å². The first-order chi connectivity index (χ1) is 21.3.